The van der Waals surface area contributed by atoms with Gasteiger partial charge >= 0.3 is 5.97 Å². The van der Waals surface area contributed by atoms with Gasteiger partial charge in [0, 0.05) is 11.1 Å². The van der Waals surface area contributed by atoms with Gasteiger partial charge in [0.25, 0.3) is 0 Å². The van der Waals surface area contributed by atoms with Gasteiger partial charge in [-0.1, -0.05) is 29.8 Å². The first kappa shape index (κ1) is 14.8. The van der Waals surface area contributed by atoms with Crippen molar-refractivity contribution < 1.29 is 14.6 Å². The van der Waals surface area contributed by atoms with Crippen molar-refractivity contribution in [2.24, 2.45) is 0 Å². The Kier molecular flexibility index (Phi) is 3.85. The number of H-pyrrole nitrogens is 1. The zero-order valence-corrected chi connectivity index (χ0v) is 12.8. The summed E-state index contributed by atoms with van der Waals surface area (Å²) >= 11 is 0. The van der Waals surface area contributed by atoms with Crippen LogP contribution in [-0.4, -0.2) is 28.4 Å². The standard InChI is InChI=1S/C18H16N2O3/c1-11-7-8-17(21)14(9-11)16-10-15(19-20-16)12-5-3-4-6-13(12)18(22)23-2/h3-10,21H,1-2H3,(H,19,20). The average Bonchev–Trinajstić information content (AvgIpc) is 3.06. The van der Waals surface area contributed by atoms with E-state index in [2.05, 4.69) is 10.2 Å². The van der Waals surface area contributed by atoms with Crippen LogP contribution in [0, 0.1) is 6.92 Å². The molecule has 0 aliphatic carbocycles. The molecule has 0 radical (unpaired) electrons. The van der Waals surface area contributed by atoms with E-state index in [0.29, 0.717) is 28.1 Å². The summed E-state index contributed by atoms with van der Waals surface area (Å²) in [7, 11) is 1.35. The Bertz CT molecular complexity index is 868. The lowest BCUT2D eigenvalue weighted by molar-refractivity contribution is 0.0601. The Hall–Kier alpha value is -3.08. The van der Waals surface area contributed by atoms with Crippen LogP contribution in [-0.2, 0) is 4.74 Å². The van der Waals surface area contributed by atoms with Gasteiger partial charge in [0.05, 0.1) is 24.1 Å². The van der Waals surface area contributed by atoms with Gasteiger partial charge in [0.2, 0.25) is 0 Å². The minimum atomic E-state index is -0.413. The first-order valence-corrected chi connectivity index (χ1v) is 7.13. The van der Waals surface area contributed by atoms with E-state index >= 15 is 0 Å². The molecular weight excluding hydrogens is 292 g/mol. The van der Waals surface area contributed by atoms with E-state index in [4.69, 9.17) is 4.74 Å². The fraction of sp³-hybridized carbons (Fsp3) is 0.111. The third-order valence-corrected chi connectivity index (χ3v) is 3.63. The molecule has 116 valence electrons. The molecule has 0 saturated carbocycles. The normalized spacial score (nSPS) is 10.5. The number of carbonyl (C=O) groups is 1. The number of aromatic hydroxyl groups is 1. The number of hydrogen-bond acceptors (Lipinski definition) is 4. The number of nitrogens with zero attached hydrogens (tertiary/aromatic N) is 1. The van der Waals surface area contributed by atoms with Gasteiger partial charge in [-0.25, -0.2) is 4.79 Å². The third kappa shape index (κ3) is 2.81. The van der Waals surface area contributed by atoms with Crippen molar-refractivity contribution in [3.63, 3.8) is 0 Å². The molecule has 0 bridgehead atoms. The van der Waals surface area contributed by atoms with Gasteiger partial charge in [0.1, 0.15) is 5.75 Å². The van der Waals surface area contributed by atoms with Gasteiger partial charge in [-0.3, -0.25) is 5.10 Å². The number of aromatic nitrogens is 2. The van der Waals surface area contributed by atoms with Crippen LogP contribution in [0.15, 0.2) is 48.5 Å². The Morgan fingerprint density at radius 3 is 2.70 bits per heavy atom. The number of esters is 1. The summed E-state index contributed by atoms with van der Waals surface area (Å²) in [5, 5.41) is 17.2. The number of methoxy groups -OCH3 is 1. The van der Waals surface area contributed by atoms with E-state index in [9.17, 15) is 9.90 Å². The number of rotatable bonds is 3. The van der Waals surface area contributed by atoms with Crippen molar-refractivity contribution in [3.05, 3.63) is 59.7 Å². The van der Waals surface area contributed by atoms with Gasteiger partial charge in [-0.2, -0.15) is 5.10 Å². The van der Waals surface area contributed by atoms with Crippen molar-refractivity contribution in [3.8, 4) is 28.3 Å². The van der Waals surface area contributed by atoms with E-state index < -0.39 is 5.97 Å². The Balaban J connectivity index is 2.07. The smallest absolute Gasteiger partial charge is 0.338 e. The number of aryl methyl sites for hydroxylation is 1. The van der Waals surface area contributed by atoms with Crippen LogP contribution < -0.4 is 0 Å². The molecule has 0 fully saturated rings. The van der Waals surface area contributed by atoms with Crippen LogP contribution in [0.5, 0.6) is 5.75 Å². The van der Waals surface area contributed by atoms with Crippen LogP contribution in [0.25, 0.3) is 22.5 Å². The van der Waals surface area contributed by atoms with E-state index in [-0.39, 0.29) is 5.75 Å². The topological polar surface area (TPSA) is 75.2 Å². The first-order chi connectivity index (χ1) is 11.1. The highest BCUT2D eigenvalue weighted by molar-refractivity contribution is 5.97. The molecule has 0 aliphatic rings. The molecule has 0 atom stereocenters. The molecule has 3 aromatic rings. The predicted molar refractivity (Wildman–Crippen MR) is 87.2 cm³/mol. The highest BCUT2D eigenvalue weighted by Gasteiger charge is 2.16. The summed E-state index contributed by atoms with van der Waals surface area (Å²) in [6.07, 6.45) is 0. The first-order valence-electron chi connectivity index (χ1n) is 7.13. The number of hydrogen-bond donors (Lipinski definition) is 2. The number of carbonyl (C=O) groups excluding carboxylic acids is 1. The Labute approximate surface area is 133 Å². The number of ether oxygens (including phenoxy) is 1. The largest absolute Gasteiger partial charge is 0.507 e. The highest BCUT2D eigenvalue weighted by atomic mass is 16.5. The maximum absolute atomic E-state index is 11.9. The number of phenols is 1. The molecule has 0 spiro atoms. The summed E-state index contributed by atoms with van der Waals surface area (Å²) < 4.78 is 4.81. The second kappa shape index (κ2) is 5.96. The fourth-order valence-corrected chi connectivity index (χ4v) is 2.46. The maximum Gasteiger partial charge on any atom is 0.338 e. The molecule has 0 saturated heterocycles. The van der Waals surface area contributed by atoms with Gasteiger partial charge < -0.3 is 9.84 Å². The molecule has 1 aromatic heterocycles. The lowest BCUT2D eigenvalue weighted by Crippen LogP contribution is -2.03. The summed E-state index contributed by atoms with van der Waals surface area (Å²) in [4.78, 5) is 11.9. The molecule has 23 heavy (non-hydrogen) atoms. The van der Waals surface area contributed by atoms with E-state index in [1.165, 1.54) is 7.11 Å². The quantitative estimate of drug-likeness (QED) is 0.726. The average molecular weight is 308 g/mol. The van der Waals surface area contributed by atoms with Crippen LogP contribution in [0.1, 0.15) is 15.9 Å². The van der Waals surface area contributed by atoms with Crippen LogP contribution in [0.4, 0.5) is 0 Å². The third-order valence-electron chi connectivity index (χ3n) is 3.63. The lowest BCUT2D eigenvalue weighted by Gasteiger charge is -2.04. The summed E-state index contributed by atoms with van der Waals surface area (Å²) in [6, 6.07) is 14.3. The predicted octanol–water partition coefficient (Wildman–Crippen LogP) is 3.54. The molecule has 0 aliphatic heterocycles. The second-order valence-corrected chi connectivity index (χ2v) is 5.22. The number of benzene rings is 2. The molecular formula is C18H16N2O3. The molecule has 2 N–H and O–H groups in total. The molecule has 0 amide bonds. The van der Waals surface area contributed by atoms with Crippen LogP contribution >= 0.6 is 0 Å². The van der Waals surface area contributed by atoms with E-state index in [1.807, 2.05) is 31.2 Å². The minimum absolute atomic E-state index is 0.173. The molecule has 2 aromatic carbocycles. The van der Waals surface area contributed by atoms with Crippen LogP contribution in [0.3, 0.4) is 0 Å². The maximum atomic E-state index is 11.9. The molecule has 0 unspecified atom stereocenters. The van der Waals surface area contributed by atoms with Crippen molar-refractivity contribution in [1.82, 2.24) is 10.2 Å². The van der Waals surface area contributed by atoms with Crippen molar-refractivity contribution in [2.75, 3.05) is 7.11 Å². The van der Waals surface area contributed by atoms with E-state index in [0.717, 1.165) is 5.56 Å². The molecule has 1 heterocycles. The Morgan fingerprint density at radius 2 is 1.91 bits per heavy atom. The highest BCUT2D eigenvalue weighted by Crippen LogP contribution is 2.32. The summed E-state index contributed by atoms with van der Waals surface area (Å²) in [5.74, 6) is -0.240. The zero-order chi connectivity index (χ0) is 16.4. The Morgan fingerprint density at radius 1 is 1.13 bits per heavy atom. The number of nitrogens with one attached hydrogen (secondary N) is 1. The summed E-state index contributed by atoms with van der Waals surface area (Å²) in [6.45, 7) is 1.95. The summed E-state index contributed by atoms with van der Waals surface area (Å²) in [5.41, 5.74) is 4.11. The van der Waals surface area contributed by atoms with E-state index in [1.54, 1.807) is 24.3 Å². The van der Waals surface area contributed by atoms with Crippen molar-refractivity contribution in [2.45, 2.75) is 6.92 Å². The second-order valence-electron chi connectivity index (χ2n) is 5.22. The molecule has 5 heteroatoms. The lowest BCUT2D eigenvalue weighted by atomic mass is 10.0. The zero-order valence-electron chi connectivity index (χ0n) is 12.8. The monoisotopic (exact) mass is 308 g/mol. The van der Waals surface area contributed by atoms with Gasteiger partial charge in [0.15, 0.2) is 0 Å². The fourth-order valence-electron chi connectivity index (χ4n) is 2.46. The number of phenolic OH excluding ortho intramolecular Hbond substituents is 1. The van der Waals surface area contributed by atoms with Gasteiger partial charge in [-0.15, -0.1) is 0 Å². The molecule has 3 rings (SSSR count). The minimum Gasteiger partial charge on any atom is -0.507 e. The molecule has 5 nitrogen and oxygen atoms in total. The SMILES string of the molecule is COC(=O)c1ccccc1-c1cc(-c2cc(C)ccc2O)[nH]n1. The van der Waals surface area contributed by atoms with Crippen molar-refractivity contribution >= 4 is 5.97 Å². The number of aromatic amines is 1. The van der Waals surface area contributed by atoms with Crippen LogP contribution in [0.2, 0.25) is 0 Å². The van der Waals surface area contributed by atoms with Gasteiger partial charge in [-0.05, 0) is 31.2 Å². The van der Waals surface area contributed by atoms with Crippen molar-refractivity contribution in [1.29, 1.82) is 0 Å².